The maximum atomic E-state index is 12.9. The molecule has 2 heterocycles. The van der Waals surface area contributed by atoms with Gasteiger partial charge in [-0.05, 0) is 11.1 Å². The second kappa shape index (κ2) is 7.15. The van der Waals surface area contributed by atoms with Crippen molar-refractivity contribution in [1.82, 2.24) is 9.91 Å². The minimum atomic E-state index is -0.349. The van der Waals surface area contributed by atoms with Crippen molar-refractivity contribution in [1.29, 1.82) is 0 Å². The lowest BCUT2D eigenvalue weighted by Gasteiger charge is -2.24. The Hall–Kier alpha value is -3.28. The Bertz CT molecular complexity index is 893. The number of hydrogen-bond donors (Lipinski definition) is 0. The predicted molar refractivity (Wildman–Crippen MR) is 99.6 cm³/mol. The molecule has 0 bridgehead atoms. The fraction of sp³-hybridized carbons (Fsp3) is 0.238. The van der Waals surface area contributed by atoms with E-state index in [2.05, 4.69) is 5.10 Å². The zero-order valence-corrected chi connectivity index (χ0v) is 14.7. The third kappa shape index (κ3) is 3.38. The molecule has 0 saturated carbocycles. The lowest BCUT2D eigenvalue weighted by molar-refractivity contribution is -0.146. The molecular weight excluding hydrogens is 342 g/mol. The second-order valence-electron chi connectivity index (χ2n) is 6.66. The number of hydrazone groups is 1. The molecule has 0 aromatic heterocycles. The highest BCUT2D eigenvalue weighted by molar-refractivity contribution is 6.06. The third-order valence-electron chi connectivity index (χ3n) is 4.91. The Morgan fingerprint density at radius 3 is 2.15 bits per heavy atom. The topological polar surface area (TPSA) is 70.1 Å². The Morgan fingerprint density at radius 1 is 0.926 bits per heavy atom. The van der Waals surface area contributed by atoms with E-state index in [1.54, 1.807) is 0 Å². The van der Waals surface area contributed by atoms with Crippen LogP contribution in [-0.4, -0.2) is 39.9 Å². The van der Waals surface area contributed by atoms with Crippen LogP contribution in [0.15, 0.2) is 65.8 Å². The number of likely N-dealkylation sites (tertiary alicyclic amines) is 1. The molecule has 2 aromatic rings. The molecule has 0 aliphatic carbocycles. The minimum absolute atomic E-state index is 0.173. The average molecular weight is 361 g/mol. The van der Waals surface area contributed by atoms with E-state index >= 15 is 0 Å². The summed E-state index contributed by atoms with van der Waals surface area (Å²) in [6, 6.07) is 19.2. The van der Waals surface area contributed by atoms with Crippen LogP contribution >= 0.6 is 0 Å². The van der Waals surface area contributed by atoms with Crippen LogP contribution in [0, 0.1) is 0 Å². The molecule has 0 spiro atoms. The van der Waals surface area contributed by atoms with Gasteiger partial charge < -0.3 is 0 Å². The fourth-order valence-corrected chi connectivity index (χ4v) is 3.49. The molecule has 4 rings (SSSR count). The number of hydrogen-bond acceptors (Lipinski definition) is 4. The van der Waals surface area contributed by atoms with Crippen molar-refractivity contribution >= 4 is 23.4 Å². The van der Waals surface area contributed by atoms with Gasteiger partial charge in [-0.1, -0.05) is 60.7 Å². The van der Waals surface area contributed by atoms with Crippen molar-refractivity contribution in [3.05, 3.63) is 71.8 Å². The molecule has 6 heteroatoms. The number of rotatable bonds is 4. The number of nitrogens with zero attached hydrogens (tertiary/aromatic N) is 3. The summed E-state index contributed by atoms with van der Waals surface area (Å²) >= 11 is 0. The Morgan fingerprint density at radius 2 is 1.52 bits per heavy atom. The van der Waals surface area contributed by atoms with E-state index < -0.39 is 0 Å². The molecular formula is C21H19N3O3. The molecule has 1 fully saturated rings. The van der Waals surface area contributed by atoms with Crippen LogP contribution in [0.2, 0.25) is 0 Å². The van der Waals surface area contributed by atoms with E-state index in [9.17, 15) is 14.4 Å². The van der Waals surface area contributed by atoms with Gasteiger partial charge in [0.15, 0.2) is 0 Å². The smallest absolute Gasteiger partial charge is 0.263 e. The van der Waals surface area contributed by atoms with Crippen LogP contribution in [0.3, 0.4) is 0 Å². The van der Waals surface area contributed by atoms with Crippen molar-refractivity contribution in [2.75, 3.05) is 6.54 Å². The quantitative estimate of drug-likeness (QED) is 0.786. The molecule has 0 N–H and O–H groups in total. The van der Waals surface area contributed by atoms with Gasteiger partial charge in [-0.2, -0.15) is 5.10 Å². The summed E-state index contributed by atoms with van der Waals surface area (Å²) in [5, 5.41) is 5.99. The number of amides is 3. The first-order valence-corrected chi connectivity index (χ1v) is 8.96. The van der Waals surface area contributed by atoms with E-state index in [4.69, 9.17) is 0 Å². The van der Waals surface area contributed by atoms with Gasteiger partial charge >= 0.3 is 0 Å². The summed E-state index contributed by atoms with van der Waals surface area (Å²) in [7, 11) is 0. The van der Waals surface area contributed by atoms with E-state index in [1.165, 1.54) is 5.01 Å². The molecule has 27 heavy (non-hydrogen) atoms. The van der Waals surface area contributed by atoms with Gasteiger partial charge in [0.1, 0.15) is 6.54 Å². The monoisotopic (exact) mass is 361 g/mol. The van der Waals surface area contributed by atoms with Crippen molar-refractivity contribution in [3.63, 3.8) is 0 Å². The van der Waals surface area contributed by atoms with E-state index in [0.29, 0.717) is 6.42 Å². The van der Waals surface area contributed by atoms with E-state index in [1.807, 2.05) is 60.7 Å². The van der Waals surface area contributed by atoms with E-state index in [0.717, 1.165) is 21.7 Å². The molecule has 0 radical (unpaired) electrons. The first-order valence-electron chi connectivity index (χ1n) is 8.96. The molecule has 2 aromatic carbocycles. The standard InChI is InChI=1S/C21H19N3O3/c25-19-11-12-20(26)23(19)14-21(27)24-18(16-9-5-2-6-10-16)13-17(22-24)15-7-3-1-4-8-15/h1-10,18H,11-14H2. The molecule has 2 aliphatic rings. The zero-order valence-electron chi connectivity index (χ0n) is 14.7. The van der Waals surface area contributed by atoms with Gasteiger partial charge in [-0.3, -0.25) is 19.3 Å². The van der Waals surface area contributed by atoms with Crippen LogP contribution in [0.4, 0.5) is 0 Å². The molecule has 6 nitrogen and oxygen atoms in total. The minimum Gasteiger partial charge on any atom is -0.274 e. The summed E-state index contributed by atoms with van der Waals surface area (Å²) in [4.78, 5) is 37.7. The molecule has 136 valence electrons. The molecule has 2 aliphatic heterocycles. The number of benzene rings is 2. The Balaban J connectivity index is 1.63. The molecule has 1 atom stereocenters. The van der Waals surface area contributed by atoms with Gasteiger partial charge in [-0.25, -0.2) is 5.01 Å². The summed E-state index contributed by atoms with van der Waals surface area (Å²) in [5.74, 6) is -0.939. The maximum Gasteiger partial charge on any atom is 0.263 e. The highest BCUT2D eigenvalue weighted by atomic mass is 16.2. The Kier molecular flexibility index (Phi) is 4.54. The van der Waals surface area contributed by atoms with Crippen LogP contribution in [0.1, 0.15) is 36.4 Å². The zero-order chi connectivity index (χ0) is 18.8. The molecule has 1 saturated heterocycles. The number of imide groups is 1. The predicted octanol–water partition coefficient (Wildman–Crippen LogP) is 2.51. The van der Waals surface area contributed by atoms with Crippen LogP contribution < -0.4 is 0 Å². The van der Waals surface area contributed by atoms with Crippen LogP contribution in [0.5, 0.6) is 0 Å². The molecule has 3 amide bonds. The summed E-state index contributed by atoms with van der Waals surface area (Å²) in [5.41, 5.74) is 2.75. The fourth-order valence-electron chi connectivity index (χ4n) is 3.49. The van der Waals surface area contributed by atoms with Crippen molar-refractivity contribution in [3.8, 4) is 0 Å². The van der Waals surface area contributed by atoms with Crippen LogP contribution in [-0.2, 0) is 14.4 Å². The van der Waals surface area contributed by atoms with Gasteiger partial charge in [0.2, 0.25) is 11.8 Å². The largest absolute Gasteiger partial charge is 0.274 e. The second-order valence-corrected chi connectivity index (χ2v) is 6.66. The summed E-state index contributed by atoms with van der Waals surface area (Å²) in [6.45, 7) is -0.257. The van der Waals surface area contributed by atoms with Gasteiger partial charge in [0, 0.05) is 19.3 Å². The highest BCUT2D eigenvalue weighted by Crippen LogP contribution is 2.33. The van der Waals surface area contributed by atoms with Gasteiger partial charge in [-0.15, -0.1) is 0 Å². The van der Waals surface area contributed by atoms with Crippen molar-refractivity contribution in [2.24, 2.45) is 5.10 Å². The number of carbonyl (C=O) groups excluding carboxylic acids is 3. The first kappa shape index (κ1) is 17.1. The van der Waals surface area contributed by atoms with E-state index in [-0.39, 0.29) is 43.1 Å². The first-order chi connectivity index (χ1) is 13.1. The van der Waals surface area contributed by atoms with Crippen LogP contribution in [0.25, 0.3) is 0 Å². The highest BCUT2D eigenvalue weighted by Gasteiger charge is 2.37. The summed E-state index contributed by atoms with van der Waals surface area (Å²) in [6.07, 6.45) is 0.932. The maximum absolute atomic E-state index is 12.9. The van der Waals surface area contributed by atoms with Crippen molar-refractivity contribution < 1.29 is 14.4 Å². The van der Waals surface area contributed by atoms with Gasteiger partial charge in [0.25, 0.3) is 5.91 Å². The normalized spacial score (nSPS) is 19.6. The van der Waals surface area contributed by atoms with Gasteiger partial charge in [0.05, 0.1) is 11.8 Å². The number of carbonyl (C=O) groups is 3. The molecule has 1 unspecified atom stereocenters. The third-order valence-corrected chi connectivity index (χ3v) is 4.91. The summed E-state index contributed by atoms with van der Waals surface area (Å²) < 4.78 is 0. The van der Waals surface area contributed by atoms with Crippen molar-refractivity contribution in [2.45, 2.75) is 25.3 Å². The lowest BCUT2D eigenvalue weighted by Crippen LogP contribution is -2.40. The average Bonchev–Trinajstić information content (AvgIpc) is 3.29. The SMILES string of the molecule is O=C1CCC(=O)N1CC(=O)N1N=C(c2ccccc2)CC1c1ccccc1. The lowest BCUT2D eigenvalue weighted by atomic mass is 9.98. The Labute approximate surface area is 157 Å².